The highest BCUT2D eigenvalue weighted by Crippen LogP contribution is 2.33. The molecule has 1 aromatic rings. The maximum Gasteiger partial charge on any atom is 0.231 e. The number of benzene rings is 1. The lowest BCUT2D eigenvalue weighted by Crippen LogP contribution is -2.60. The number of rotatable bonds is 5. The SMILES string of the molecule is BC(B)(B)C(B)(B)NC(C)Cc1ccc2c(c1)OCO2. The summed E-state index contributed by atoms with van der Waals surface area (Å²) in [5, 5.41) is 4.04. The lowest BCUT2D eigenvalue weighted by Gasteiger charge is -2.43. The van der Waals surface area contributed by atoms with Crippen LogP contribution in [0.2, 0.25) is 5.11 Å². The molecule has 0 spiro atoms. The molecule has 1 unspecified atom stereocenters. The third-order valence-electron chi connectivity index (χ3n) is 4.46. The van der Waals surface area contributed by atoms with Gasteiger partial charge in [0.05, 0.1) is 23.5 Å². The van der Waals surface area contributed by atoms with Gasteiger partial charge in [-0.25, -0.2) is 0 Å². The molecule has 0 amide bonds. The van der Waals surface area contributed by atoms with E-state index in [9.17, 15) is 0 Å². The van der Waals surface area contributed by atoms with Crippen molar-refractivity contribution in [2.24, 2.45) is 0 Å². The van der Waals surface area contributed by atoms with Crippen LogP contribution in [-0.4, -0.2) is 57.4 Å². The zero-order chi connectivity index (χ0) is 15.0. The maximum atomic E-state index is 5.43. The zero-order valence-electron chi connectivity index (χ0n) is 13.5. The Kier molecular flexibility index (Phi) is 4.24. The summed E-state index contributed by atoms with van der Waals surface area (Å²) >= 11 is 0. The Balaban J connectivity index is 2.00. The molecule has 0 aromatic heterocycles. The predicted molar refractivity (Wildman–Crippen MR) is 97.0 cm³/mol. The Morgan fingerprint density at radius 2 is 1.80 bits per heavy atom. The van der Waals surface area contributed by atoms with Crippen molar-refractivity contribution in [3.8, 4) is 11.5 Å². The average Bonchev–Trinajstić information content (AvgIpc) is 2.73. The second-order valence-electron chi connectivity index (χ2n) is 7.31. The van der Waals surface area contributed by atoms with E-state index in [1.807, 2.05) is 6.07 Å². The molecule has 1 heterocycles. The highest BCUT2D eigenvalue weighted by atomic mass is 16.7. The molecule has 0 radical (unpaired) electrons. The van der Waals surface area contributed by atoms with Crippen LogP contribution in [0, 0.1) is 0 Å². The summed E-state index contributed by atoms with van der Waals surface area (Å²) in [5.41, 5.74) is 1.28. The van der Waals surface area contributed by atoms with E-state index in [4.69, 9.17) is 9.47 Å². The molecule has 1 aliphatic heterocycles. The number of hydrogen-bond donors (Lipinski definition) is 1. The molecule has 20 heavy (non-hydrogen) atoms. The van der Waals surface area contributed by atoms with E-state index in [1.165, 1.54) is 5.56 Å². The van der Waals surface area contributed by atoms with E-state index >= 15 is 0 Å². The van der Waals surface area contributed by atoms with Crippen LogP contribution in [0.15, 0.2) is 18.2 Å². The third kappa shape index (κ3) is 3.40. The van der Waals surface area contributed by atoms with Crippen molar-refractivity contribution < 1.29 is 9.47 Å². The molecule has 3 nitrogen and oxygen atoms in total. The molecular weight excluding hydrogens is 244 g/mol. The summed E-state index contributed by atoms with van der Waals surface area (Å²) in [6.45, 7) is 2.57. The van der Waals surface area contributed by atoms with Crippen LogP contribution < -0.4 is 14.8 Å². The summed E-state index contributed by atoms with van der Waals surface area (Å²) in [6.07, 6.45) is 0.982. The standard InChI is InChI=1S/C12H22B5NO2/c1-7(18-12(16,17)11(13,14)15)4-8-2-3-9-10(5-8)20-6-19-9/h2-3,5,7,18H,4,6,13-17H2,1H3. The number of nitrogens with one attached hydrogen (secondary N) is 1. The van der Waals surface area contributed by atoms with Gasteiger partial charge in [0.1, 0.15) is 15.7 Å². The summed E-state index contributed by atoms with van der Waals surface area (Å²) in [5.74, 6) is 1.72. The average molecular weight is 266 g/mol. The molecule has 2 rings (SSSR count). The van der Waals surface area contributed by atoms with Crippen LogP contribution in [0.3, 0.4) is 0 Å². The van der Waals surface area contributed by atoms with Crippen LogP contribution in [-0.2, 0) is 6.42 Å². The van der Waals surface area contributed by atoms with E-state index in [0.29, 0.717) is 12.8 Å². The van der Waals surface area contributed by atoms with Crippen molar-refractivity contribution in [1.29, 1.82) is 0 Å². The van der Waals surface area contributed by atoms with Gasteiger partial charge in [0.2, 0.25) is 6.79 Å². The van der Waals surface area contributed by atoms with Gasteiger partial charge in [-0.05, 0) is 31.0 Å². The molecule has 1 atom stereocenters. The normalized spacial score (nSPS) is 16.1. The Morgan fingerprint density at radius 3 is 2.45 bits per heavy atom. The third-order valence-corrected chi connectivity index (χ3v) is 4.46. The molecule has 0 aliphatic carbocycles. The van der Waals surface area contributed by atoms with E-state index in [1.54, 1.807) is 0 Å². The Hall–Kier alpha value is -0.895. The van der Waals surface area contributed by atoms with Gasteiger partial charge in [0, 0.05) is 6.04 Å². The first-order valence-electron chi connectivity index (χ1n) is 7.35. The second-order valence-corrected chi connectivity index (χ2v) is 7.31. The van der Waals surface area contributed by atoms with Gasteiger partial charge in [-0.1, -0.05) is 11.4 Å². The molecule has 1 aliphatic rings. The molecule has 1 N–H and O–H groups in total. The monoisotopic (exact) mass is 267 g/mol. The van der Waals surface area contributed by atoms with Gasteiger partial charge < -0.3 is 14.8 Å². The molecule has 0 saturated heterocycles. The number of fused-ring (bicyclic) bond motifs is 1. The maximum absolute atomic E-state index is 5.43. The predicted octanol–water partition coefficient (Wildman–Crippen LogP) is -3.17. The van der Waals surface area contributed by atoms with Gasteiger partial charge in [-0.15, -0.1) is 5.11 Å². The first-order chi connectivity index (χ1) is 9.19. The minimum absolute atomic E-state index is 0.0861. The van der Waals surface area contributed by atoms with Crippen LogP contribution in [0.1, 0.15) is 12.5 Å². The van der Waals surface area contributed by atoms with Crippen molar-refractivity contribution in [2.75, 3.05) is 6.79 Å². The van der Waals surface area contributed by atoms with E-state index in [-0.39, 0.29) is 10.5 Å². The van der Waals surface area contributed by atoms with Gasteiger partial charge in [0.15, 0.2) is 11.5 Å². The van der Waals surface area contributed by atoms with Gasteiger partial charge >= 0.3 is 0 Å². The Labute approximate surface area is 126 Å². The van der Waals surface area contributed by atoms with Crippen LogP contribution in [0.5, 0.6) is 11.5 Å². The van der Waals surface area contributed by atoms with Crippen molar-refractivity contribution in [3.05, 3.63) is 23.8 Å². The van der Waals surface area contributed by atoms with Crippen molar-refractivity contribution >= 4 is 39.2 Å². The topological polar surface area (TPSA) is 30.5 Å². The Bertz CT molecular complexity index is 489. The first kappa shape index (κ1) is 15.5. The fourth-order valence-electron chi connectivity index (χ4n) is 2.31. The van der Waals surface area contributed by atoms with E-state index in [0.717, 1.165) is 17.9 Å². The summed E-state index contributed by atoms with van der Waals surface area (Å²) in [6, 6.07) is 6.62. The fourth-order valence-corrected chi connectivity index (χ4v) is 2.31. The molecule has 1 aromatic carbocycles. The summed E-state index contributed by atoms with van der Waals surface area (Å²) in [4.78, 5) is 0. The lowest BCUT2D eigenvalue weighted by atomic mass is 9.26. The Morgan fingerprint density at radius 1 is 1.15 bits per heavy atom. The van der Waals surface area contributed by atoms with E-state index in [2.05, 4.69) is 63.6 Å². The van der Waals surface area contributed by atoms with Gasteiger partial charge in [-0.3, -0.25) is 0 Å². The second kappa shape index (κ2) is 5.47. The fraction of sp³-hybridized carbons (Fsp3) is 0.500. The van der Waals surface area contributed by atoms with Crippen LogP contribution >= 0.6 is 0 Å². The smallest absolute Gasteiger partial charge is 0.231 e. The molecule has 0 saturated carbocycles. The van der Waals surface area contributed by atoms with Crippen LogP contribution in [0.25, 0.3) is 0 Å². The lowest BCUT2D eigenvalue weighted by molar-refractivity contribution is 0.174. The largest absolute Gasteiger partial charge is 0.454 e. The molecule has 102 valence electrons. The molecular formula is C12H22B5NO2. The molecule has 0 bridgehead atoms. The summed E-state index contributed by atoms with van der Waals surface area (Å²) < 4.78 is 10.8. The molecule has 0 fully saturated rings. The van der Waals surface area contributed by atoms with Crippen molar-refractivity contribution in [1.82, 2.24) is 5.32 Å². The number of hydrogen-bond acceptors (Lipinski definition) is 3. The highest BCUT2D eigenvalue weighted by Gasteiger charge is 2.32. The van der Waals surface area contributed by atoms with Crippen LogP contribution in [0.4, 0.5) is 0 Å². The van der Waals surface area contributed by atoms with Gasteiger partial charge in [-0.2, -0.15) is 0 Å². The minimum atomic E-state index is 0.0861. The highest BCUT2D eigenvalue weighted by molar-refractivity contribution is 6.67. The van der Waals surface area contributed by atoms with Gasteiger partial charge in [0.25, 0.3) is 0 Å². The molecule has 8 heteroatoms. The van der Waals surface area contributed by atoms with Crippen molar-refractivity contribution in [3.63, 3.8) is 0 Å². The quantitative estimate of drug-likeness (QED) is 0.571. The number of ether oxygens (including phenoxy) is 2. The van der Waals surface area contributed by atoms with E-state index < -0.39 is 0 Å². The minimum Gasteiger partial charge on any atom is -0.454 e. The van der Waals surface area contributed by atoms with Crippen molar-refractivity contribution in [2.45, 2.75) is 29.8 Å². The first-order valence-corrected chi connectivity index (χ1v) is 7.35. The summed E-state index contributed by atoms with van der Waals surface area (Å²) in [7, 11) is 11.3. The zero-order valence-corrected chi connectivity index (χ0v) is 13.5.